The van der Waals surface area contributed by atoms with Gasteiger partial charge in [-0.25, -0.2) is 8.42 Å². The normalized spacial score (nSPS) is 12.8. The van der Waals surface area contributed by atoms with E-state index in [1.807, 2.05) is 19.9 Å². The molecule has 2 aromatic rings. The fraction of sp³-hybridized carbons (Fsp3) is 0.312. The van der Waals surface area contributed by atoms with Crippen LogP contribution >= 0.6 is 22.9 Å². The lowest BCUT2D eigenvalue weighted by molar-refractivity contribution is -0.132. The molecule has 1 atom stereocenters. The number of hydrogen-bond acceptors (Lipinski definition) is 4. The van der Waals surface area contributed by atoms with Crippen molar-refractivity contribution in [3.8, 4) is 0 Å². The van der Waals surface area contributed by atoms with E-state index in [0.717, 1.165) is 11.3 Å². The van der Waals surface area contributed by atoms with Gasteiger partial charge in [0, 0.05) is 13.1 Å². The topological polar surface area (TPSA) is 66.5 Å². The molecule has 1 N–H and O–H groups in total. The highest BCUT2D eigenvalue weighted by Crippen LogP contribution is 2.27. The molecule has 1 aromatic carbocycles. The first-order chi connectivity index (χ1) is 11.4. The zero-order chi connectivity index (χ0) is 17.7. The average molecular weight is 387 g/mol. The Morgan fingerprint density at radius 2 is 1.79 bits per heavy atom. The Balaban J connectivity index is 2.38. The van der Waals surface area contributed by atoms with Crippen molar-refractivity contribution in [3.05, 3.63) is 52.4 Å². The highest BCUT2D eigenvalue weighted by atomic mass is 35.5. The molecule has 0 saturated heterocycles. The van der Waals surface area contributed by atoms with Crippen molar-refractivity contribution in [1.29, 1.82) is 0 Å². The Morgan fingerprint density at radius 1 is 1.17 bits per heavy atom. The van der Waals surface area contributed by atoms with E-state index in [0.29, 0.717) is 23.0 Å². The van der Waals surface area contributed by atoms with Crippen molar-refractivity contribution in [2.24, 2.45) is 0 Å². The number of carbonyl (C=O) groups excluding carboxylic acids is 1. The van der Waals surface area contributed by atoms with E-state index < -0.39 is 16.1 Å². The van der Waals surface area contributed by atoms with E-state index in [-0.39, 0.29) is 10.1 Å². The van der Waals surface area contributed by atoms with Crippen molar-refractivity contribution in [3.63, 3.8) is 0 Å². The molecule has 0 unspecified atom stereocenters. The van der Waals surface area contributed by atoms with Crippen LogP contribution in [0.4, 0.5) is 0 Å². The van der Waals surface area contributed by atoms with Gasteiger partial charge in [-0.2, -0.15) is 4.72 Å². The second kappa shape index (κ2) is 8.11. The van der Waals surface area contributed by atoms with Gasteiger partial charge in [-0.15, -0.1) is 11.3 Å². The van der Waals surface area contributed by atoms with Crippen LogP contribution in [-0.4, -0.2) is 32.3 Å². The van der Waals surface area contributed by atoms with Crippen LogP contribution in [0.5, 0.6) is 0 Å². The van der Waals surface area contributed by atoms with Crippen molar-refractivity contribution >= 4 is 38.9 Å². The number of nitrogens with one attached hydrogen (secondary N) is 1. The molecule has 0 aliphatic rings. The molecule has 1 heterocycles. The van der Waals surface area contributed by atoms with E-state index in [1.165, 1.54) is 12.1 Å². The number of nitrogens with zero attached hydrogens (tertiary/aromatic N) is 1. The second-order valence-corrected chi connectivity index (χ2v) is 8.69. The van der Waals surface area contributed by atoms with E-state index in [1.54, 1.807) is 29.2 Å². The Labute approximate surface area is 151 Å². The SMILES string of the molecule is CCN(CC)C(=O)[C@@H](NS(=O)(=O)c1ccc(Cl)s1)c1ccccc1. The molecular formula is C16H19ClN2O3S2. The Hall–Kier alpha value is -1.41. The third-order valence-electron chi connectivity index (χ3n) is 3.54. The van der Waals surface area contributed by atoms with E-state index >= 15 is 0 Å². The summed E-state index contributed by atoms with van der Waals surface area (Å²) in [4.78, 5) is 14.4. The summed E-state index contributed by atoms with van der Waals surface area (Å²) in [7, 11) is -3.85. The van der Waals surface area contributed by atoms with Gasteiger partial charge in [0.25, 0.3) is 10.0 Å². The molecule has 0 aliphatic heterocycles. The van der Waals surface area contributed by atoms with Gasteiger partial charge < -0.3 is 4.90 Å². The van der Waals surface area contributed by atoms with Gasteiger partial charge in [0.2, 0.25) is 5.91 Å². The van der Waals surface area contributed by atoms with Crippen LogP contribution in [0.3, 0.4) is 0 Å². The summed E-state index contributed by atoms with van der Waals surface area (Å²) >= 11 is 6.78. The number of benzene rings is 1. The maximum Gasteiger partial charge on any atom is 0.251 e. The summed E-state index contributed by atoms with van der Waals surface area (Å²) in [6.07, 6.45) is 0. The van der Waals surface area contributed by atoms with Gasteiger partial charge >= 0.3 is 0 Å². The standard InChI is InChI=1S/C16H19ClN2O3S2/c1-3-19(4-2)16(20)15(12-8-6-5-7-9-12)18-24(21,22)14-11-10-13(17)23-14/h5-11,15,18H,3-4H2,1-2H3/t15-/m0/s1. The molecule has 5 nitrogen and oxygen atoms in total. The van der Waals surface area contributed by atoms with Crippen LogP contribution in [0.15, 0.2) is 46.7 Å². The summed E-state index contributed by atoms with van der Waals surface area (Å²) in [6.45, 7) is 4.73. The molecule has 8 heteroatoms. The molecule has 0 radical (unpaired) electrons. The molecule has 1 aromatic heterocycles. The zero-order valence-electron chi connectivity index (χ0n) is 13.4. The summed E-state index contributed by atoms with van der Waals surface area (Å²) in [6, 6.07) is 10.8. The first-order valence-corrected chi connectivity index (χ1v) is 10.2. The summed E-state index contributed by atoms with van der Waals surface area (Å²) in [5.74, 6) is -0.280. The van der Waals surface area contributed by atoms with Crippen molar-refractivity contribution < 1.29 is 13.2 Å². The molecule has 0 fully saturated rings. The number of thiophene rings is 1. The van der Waals surface area contributed by atoms with Gasteiger partial charge in [0.15, 0.2) is 0 Å². The Bertz CT molecular complexity index is 787. The smallest absolute Gasteiger partial charge is 0.251 e. The summed E-state index contributed by atoms with van der Waals surface area (Å²) in [5.41, 5.74) is 0.598. The minimum Gasteiger partial charge on any atom is -0.342 e. The lowest BCUT2D eigenvalue weighted by Crippen LogP contribution is -2.42. The highest BCUT2D eigenvalue weighted by molar-refractivity contribution is 7.91. The lowest BCUT2D eigenvalue weighted by atomic mass is 10.1. The Kier molecular flexibility index (Phi) is 6.40. The number of likely N-dealkylation sites (N-methyl/N-ethyl adjacent to an activating group) is 1. The van der Waals surface area contributed by atoms with Crippen LogP contribution in [0.25, 0.3) is 0 Å². The zero-order valence-corrected chi connectivity index (χ0v) is 15.8. The molecule has 1 amide bonds. The number of amides is 1. The van der Waals surface area contributed by atoms with Crippen molar-refractivity contribution in [1.82, 2.24) is 9.62 Å². The van der Waals surface area contributed by atoms with Crippen LogP contribution in [-0.2, 0) is 14.8 Å². The molecule has 0 saturated carbocycles. The first-order valence-electron chi connectivity index (χ1n) is 7.50. The van der Waals surface area contributed by atoms with Gasteiger partial charge in [0.1, 0.15) is 10.3 Å². The predicted molar refractivity (Wildman–Crippen MR) is 96.8 cm³/mol. The highest BCUT2D eigenvalue weighted by Gasteiger charge is 2.30. The maximum atomic E-state index is 12.8. The van der Waals surface area contributed by atoms with Gasteiger partial charge in [0.05, 0.1) is 4.34 Å². The summed E-state index contributed by atoms with van der Waals surface area (Å²) in [5, 5.41) is 0. The molecule has 0 bridgehead atoms. The fourth-order valence-corrected chi connectivity index (χ4v) is 4.96. The van der Waals surface area contributed by atoms with Gasteiger partial charge in [-0.05, 0) is 31.5 Å². The average Bonchev–Trinajstić information content (AvgIpc) is 3.02. The van der Waals surface area contributed by atoms with Crippen LogP contribution in [0.1, 0.15) is 25.5 Å². The minimum absolute atomic E-state index is 0.0841. The molecule has 2 rings (SSSR count). The largest absolute Gasteiger partial charge is 0.342 e. The van der Waals surface area contributed by atoms with E-state index in [4.69, 9.17) is 11.6 Å². The van der Waals surface area contributed by atoms with Crippen molar-refractivity contribution in [2.45, 2.75) is 24.1 Å². The van der Waals surface area contributed by atoms with Crippen LogP contribution in [0.2, 0.25) is 4.34 Å². The van der Waals surface area contributed by atoms with Gasteiger partial charge in [-0.3, -0.25) is 4.79 Å². The summed E-state index contributed by atoms with van der Waals surface area (Å²) < 4.78 is 28.2. The third kappa shape index (κ3) is 4.36. The second-order valence-electron chi connectivity index (χ2n) is 5.03. The number of halogens is 1. The number of carbonyl (C=O) groups is 1. The van der Waals surface area contributed by atoms with Crippen LogP contribution in [0, 0.1) is 0 Å². The minimum atomic E-state index is -3.85. The van der Waals surface area contributed by atoms with Crippen LogP contribution < -0.4 is 4.72 Å². The van der Waals surface area contributed by atoms with E-state index in [2.05, 4.69) is 4.72 Å². The predicted octanol–water partition coefficient (Wildman–Crippen LogP) is 3.29. The molecule has 0 spiro atoms. The van der Waals surface area contributed by atoms with Crippen molar-refractivity contribution in [2.75, 3.05) is 13.1 Å². The first kappa shape index (κ1) is 18.9. The van der Waals surface area contributed by atoms with E-state index in [9.17, 15) is 13.2 Å². The van der Waals surface area contributed by atoms with Gasteiger partial charge in [-0.1, -0.05) is 41.9 Å². The number of sulfonamides is 1. The molecular weight excluding hydrogens is 368 g/mol. The number of hydrogen-bond donors (Lipinski definition) is 1. The Morgan fingerprint density at radius 3 is 2.29 bits per heavy atom. The number of rotatable bonds is 7. The molecule has 130 valence electrons. The monoisotopic (exact) mass is 386 g/mol. The molecule has 24 heavy (non-hydrogen) atoms. The molecule has 0 aliphatic carbocycles. The quantitative estimate of drug-likeness (QED) is 0.793. The fourth-order valence-electron chi connectivity index (χ4n) is 2.28. The third-order valence-corrected chi connectivity index (χ3v) is 6.69. The lowest BCUT2D eigenvalue weighted by Gasteiger charge is -2.25. The maximum absolute atomic E-state index is 12.8.